The van der Waals surface area contributed by atoms with E-state index in [0.29, 0.717) is 26.2 Å². The van der Waals surface area contributed by atoms with Gasteiger partial charge in [-0.15, -0.1) is 12.4 Å². The fourth-order valence-electron chi connectivity index (χ4n) is 2.61. The zero-order valence-corrected chi connectivity index (χ0v) is 12.8. The van der Waals surface area contributed by atoms with Crippen molar-refractivity contribution < 1.29 is 22.0 Å². The molecule has 0 unspecified atom stereocenters. The van der Waals surface area contributed by atoms with Crippen molar-refractivity contribution in [3.05, 3.63) is 34.9 Å². The number of aryl methyl sites for hydroxylation is 1. The highest BCUT2D eigenvalue weighted by molar-refractivity contribution is 5.85. The average Bonchev–Trinajstić information content (AvgIpc) is 2.42. The Hall–Kier alpha value is -0.920. The van der Waals surface area contributed by atoms with Crippen LogP contribution in [0.2, 0.25) is 0 Å². The Bertz CT molecular complexity index is 501. The van der Waals surface area contributed by atoms with E-state index in [0.717, 1.165) is 6.07 Å². The van der Waals surface area contributed by atoms with Crippen LogP contribution < -0.4 is 5.32 Å². The van der Waals surface area contributed by atoms with Gasteiger partial charge in [-0.1, -0.05) is 6.07 Å². The Morgan fingerprint density at radius 1 is 1.18 bits per heavy atom. The maximum absolute atomic E-state index is 14.2. The minimum Gasteiger partial charge on any atom is -0.314 e. The van der Waals surface area contributed by atoms with Crippen molar-refractivity contribution in [2.24, 2.45) is 0 Å². The summed E-state index contributed by atoms with van der Waals surface area (Å²) in [7, 11) is 0. The lowest BCUT2D eigenvalue weighted by atomic mass is 9.97. The van der Waals surface area contributed by atoms with E-state index in [2.05, 4.69) is 5.32 Å². The van der Waals surface area contributed by atoms with Crippen LogP contribution in [0.1, 0.15) is 23.6 Å². The van der Waals surface area contributed by atoms with Crippen LogP contribution in [-0.4, -0.2) is 37.3 Å². The summed E-state index contributed by atoms with van der Waals surface area (Å²) >= 11 is 0. The summed E-state index contributed by atoms with van der Waals surface area (Å²) in [5, 5.41) is 3.01. The summed E-state index contributed by atoms with van der Waals surface area (Å²) < 4.78 is 66.6. The van der Waals surface area contributed by atoms with Gasteiger partial charge in [0, 0.05) is 37.8 Å². The number of nitrogens with one attached hydrogen (secondary N) is 1. The molecule has 1 heterocycles. The molecule has 1 aliphatic rings. The number of nitrogens with zero attached hydrogens (tertiary/aromatic N) is 1. The van der Waals surface area contributed by atoms with Gasteiger partial charge in [0.05, 0.1) is 6.42 Å². The molecular formula is C14H18ClF5N2. The summed E-state index contributed by atoms with van der Waals surface area (Å²) in [6, 6.07) is 0.933. The van der Waals surface area contributed by atoms with Crippen LogP contribution in [-0.2, 0) is 0 Å². The van der Waals surface area contributed by atoms with Crippen LogP contribution in [0.25, 0.3) is 0 Å². The van der Waals surface area contributed by atoms with Crippen molar-refractivity contribution in [1.82, 2.24) is 10.2 Å². The molecule has 0 saturated carbocycles. The Balaban J connectivity index is 0.00000242. The first-order valence-electron chi connectivity index (χ1n) is 6.75. The average molecular weight is 345 g/mol. The Morgan fingerprint density at radius 2 is 1.77 bits per heavy atom. The largest absolute Gasteiger partial charge is 0.390 e. The number of halogens is 6. The molecule has 2 nitrogen and oxygen atoms in total. The number of hydrogen-bond donors (Lipinski definition) is 1. The summed E-state index contributed by atoms with van der Waals surface area (Å²) in [6.07, 6.45) is -5.75. The molecule has 22 heavy (non-hydrogen) atoms. The highest BCUT2D eigenvalue weighted by Gasteiger charge is 2.38. The predicted molar refractivity (Wildman–Crippen MR) is 76.2 cm³/mol. The van der Waals surface area contributed by atoms with E-state index in [9.17, 15) is 22.0 Å². The third-order valence-electron chi connectivity index (χ3n) is 3.67. The number of benzene rings is 1. The maximum atomic E-state index is 14.2. The normalized spacial score (nSPS) is 17.9. The lowest BCUT2D eigenvalue weighted by molar-refractivity contribution is -0.149. The molecule has 0 bridgehead atoms. The first kappa shape index (κ1) is 19.1. The van der Waals surface area contributed by atoms with Gasteiger partial charge in [-0.2, -0.15) is 13.2 Å². The summed E-state index contributed by atoms with van der Waals surface area (Å²) in [5.41, 5.74) is -0.331. The van der Waals surface area contributed by atoms with Crippen molar-refractivity contribution in [2.75, 3.05) is 26.2 Å². The van der Waals surface area contributed by atoms with Crippen molar-refractivity contribution in [2.45, 2.75) is 25.6 Å². The van der Waals surface area contributed by atoms with E-state index in [-0.39, 0.29) is 18.0 Å². The number of rotatable bonds is 3. The number of hydrogen-bond acceptors (Lipinski definition) is 2. The van der Waals surface area contributed by atoms with Crippen molar-refractivity contribution in [1.29, 1.82) is 0 Å². The van der Waals surface area contributed by atoms with Gasteiger partial charge in [-0.05, 0) is 18.6 Å². The highest BCUT2D eigenvalue weighted by atomic mass is 35.5. The molecule has 1 aromatic carbocycles. The fourth-order valence-corrected chi connectivity index (χ4v) is 2.61. The zero-order chi connectivity index (χ0) is 15.6. The Kier molecular flexibility index (Phi) is 6.58. The van der Waals surface area contributed by atoms with E-state index in [4.69, 9.17) is 0 Å². The van der Waals surface area contributed by atoms with Crippen molar-refractivity contribution in [3.63, 3.8) is 0 Å². The lowest BCUT2D eigenvalue weighted by Gasteiger charge is -2.36. The standard InChI is InChI=1S/C14H17F5N2.ClH/c1-9-2-3-10(15)12(13(9)16)11(8-14(17,18)19)21-6-4-20-5-7-21;/h2-3,11,20H,4-8H2,1H3;1H/t11-;/m1./s1. The van der Waals surface area contributed by atoms with Gasteiger partial charge in [0.1, 0.15) is 11.6 Å². The van der Waals surface area contributed by atoms with Crippen LogP contribution in [0.5, 0.6) is 0 Å². The van der Waals surface area contributed by atoms with E-state index in [1.54, 1.807) is 0 Å². The maximum Gasteiger partial charge on any atom is 0.390 e. The molecule has 1 N–H and O–H groups in total. The SMILES string of the molecule is Cc1ccc(F)c([C@@H](CC(F)(F)F)N2CCNCC2)c1F.Cl. The summed E-state index contributed by atoms with van der Waals surface area (Å²) in [6.45, 7) is 3.08. The molecule has 0 radical (unpaired) electrons. The van der Waals surface area contributed by atoms with E-state index in [1.807, 2.05) is 0 Å². The quantitative estimate of drug-likeness (QED) is 0.843. The topological polar surface area (TPSA) is 15.3 Å². The molecule has 126 valence electrons. The van der Waals surface area contributed by atoms with Crippen LogP contribution in [0, 0.1) is 18.6 Å². The van der Waals surface area contributed by atoms with Crippen LogP contribution in [0.4, 0.5) is 22.0 Å². The minimum absolute atomic E-state index is 0. The Morgan fingerprint density at radius 3 is 2.32 bits per heavy atom. The monoisotopic (exact) mass is 344 g/mol. The van der Waals surface area contributed by atoms with E-state index >= 15 is 0 Å². The molecular weight excluding hydrogens is 327 g/mol. The van der Waals surface area contributed by atoms with Crippen LogP contribution in [0.3, 0.4) is 0 Å². The fraction of sp³-hybridized carbons (Fsp3) is 0.571. The summed E-state index contributed by atoms with van der Waals surface area (Å²) in [5.74, 6) is -1.81. The van der Waals surface area contributed by atoms with Crippen LogP contribution in [0.15, 0.2) is 12.1 Å². The van der Waals surface area contributed by atoms with E-state index < -0.39 is 35.8 Å². The molecule has 0 spiro atoms. The minimum atomic E-state index is -4.49. The van der Waals surface area contributed by atoms with Gasteiger partial charge in [-0.25, -0.2) is 8.78 Å². The summed E-state index contributed by atoms with van der Waals surface area (Å²) in [4.78, 5) is 1.49. The molecule has 0 amide bonds. The van der Waals surface area contributed by atoms with Gasteiger partial charge in [0.25, 0.3) is 0 Å². The van der Waals surface area contributed by atoms with Crippen LogP contribution >= 0.6 is 12.4 Å². The van der Waals surface area contributed by atoms with Crippen molar-refractivity contribution in [3.8, 4) is 0 Å². The van der Waals surface area contributed by atoms with Gasteiger partial charge >= 0.3 is 6.18 Å². The first-order chi connectivity index (χ1) is 9.79. The second-order valence-corrected chi connectivity index (χ2v) is 5.21. The molecule has 1 saturated heterocycles. The molecule has 2 rings (SSSR count). The third-order valence-corrected chi connectivity index (χ3v) is 3.67. The van der Waals surface area contributed by atoms with Gasteiger partial charge < -0.3 is 5.32 Å². The Labute approximate surface area is 132 Å². The first-order valence-corrected chi connectivity index (χ1v) is 6.75. The van der Waals surface area contributed by atoms with Gasteiger partial charge in [0.2, 0.25) is 0 Å². The molecule has 8 heteroatoms. The number of alkyl halides is 3. The zero-order valence-electron chi connectivity index (χ0n) is 12.0. The second-order valence-electron chi connectivity index (χ2n) is 5.21. The molecule has 1 atom stereocenters. The molecule has 1 fully saturated rings. The van der Waals surface area contributed by atoms with Gasteiger partial charge in [-0.3, -0.25) is 4.90 Å². The molecule has 0 aromatic heterocycles. The molecule has 1 aliphatic heterocycles. The lowest BCUT2D eigenvalue weighted by Crippen LogP contribution is -2.46. The van der Waals surface area contributed by atoms with Gasteiger partial charge in [0.15, 0.2) is 0 Å². The smallest absolute Gasteiger partial charge is 0.314 e. The third kappa shape index (κ3) is 4.54. The van der Waals surface area contributed by atoms with E-state index in [1.165, 1.54) is 17.9 Å². The molecule has 1 aromatic rings. The highest BCUT2D eigenvalue weighted by Crippen LogP contribution is 2.37. The number of piperazine rings is 1. The van der Waals surface area contributed by atoms with Crippen molar-refractivity contribution >= 4 is 12.4 Å². The molecule has 0 aliphatic carbocycles. The predicted octanol–water partition coefficient (Wildman–Crippen LogP) is 3.59. The second kappa shape index (κ2) is 7.57.